The second kappa shape index (κ2) is 5.77. The maximum atomic E-state index is 11.0. The van der Waals surface area contributed by atoms with Gasteiger partial charge in [0.15, 0.2) is 17.7 Å². The first-order chi connectivity index (χ1) is 9.08. The molecule has 0 bridgehead atoms. The van der Waals surface area contributed by atoms with Crippen LogP contribution in [0, 0.1) is 0 Å². The molecule has 104 valence electrons. The number of carbonyl (C=O) groups is 1. The summed E-state index contributed by atoms with van der Waals surface area (Å²) in [7, 11) is 0. The summed E-state index contributed by atoms with van der Waals surface area (Å²) >= 11 is 0. The lowest BCUT2D eigenvalue weighted by Crippen LogP contribution is -2.55. The largest absolute Gasteiger partial charge is 0.393 e. The number of hydrogen-bond acceptors (Lipinski definition) is 6. The molecule has 2 atom stereocenters. The molecule has 3 N–H and O–H groups in total. The molecule has 0 spiro atoms. The van der Waals surface area contributed by atoms with Gasteiger partial charge in [0, 0.05) is 0 Å². The molecular weight excluding hydrogens is 252 g/mol. The molecule has 0 radical (unpaired) electrons. The Labute approximate surface area is 110 Å². The normalized spacial score (nSPS) is 21.9. The molecule has 2 rings (SSSR count). The smallest absolute Gasteiger partial charge is 0.192 e. The minimum atomic E-state index is -2.03. The third-order valence-electron chi connectivity index (χ3n) is 3.04. The van der Waals surface area contributed by atoms with Gasteiger partial charge in [-0.15, -0.1) is 0 Å². The van der Waals surface area contributed by atoms with E-state index in [0.29, 0.717) is 5.56 Å². The van der Waals surface area contributed by atoms with Crippen molar-refractivity contribution in [2.45, 2.75) is 18.0 Å². The van der Waals surface area contributed by atoms with Crippen LogP contribution >= 0.6 is 0 Å². The van der Waals surface area contributed by atoms with Gasteiger partial charge in [-0.2, -0.15) is 0 Å². The average Bonchev–Trinajstić information content (AvgIpc) is 2.47. The lowest BCUT2D eigenvalue weighted by molar-refractivity contribution is -0.285. The SMILES string of the molecule is O=C1COC([C@](O)(CO)[C@@H](O)c2ccccc2)OC1. The molecule has 1 aliphatic rings. The van der Waals surface area contributed by atoms with Gasteiger partial charge in [0.25, 0.3) is 0 Å². The van der Waals surface area contributed by atoms with Crippen LogP contribution in [-0.2, 0) is 14.3 Å². The van der Waals surface area contributed by atoms with Gasteiger partial charge in [0.1, 0.15) is 19.3 Å². The third-order valence-corrected chi connectivity index (χ3v) is 3.04. The predicted octanol–water partition coefficient (Wildman–Crippen LogP) is -0.615. The minimum absolute atomic E-state index is 0.214. The Hall–Kier alpha value is -1.31. The van der Waals surface area contributed by atoms with Crippen molar-refractivity contribution >= 4 is 5.78 Å². The number of hydrogen-bond donors (Lipinski definition) is 3. The Morgan fingerprint density at radius 3 is 2.37 bits per heavy atom. The van der Waals surface area contributed by atoms with Crippen molar-refractivity contribution in [3.05, 3.63) is 35.9 Å². The molecule has 0 unspecified atom stereocenters. The number of aliphatic hydroxyl groups is 3. The summed E-state index contributed by atoms with van der Waals surface area (Å²) in [6.45, 7) is -1.19. The second-order valence-corrected chi connectivity index (χ2v) is 4.46. The predicted molar refractivity (Wildman–Crippen MR) is 64.1 cm³/mol. The Bertz CT molecular complexity index is 424. The highest BCUT2D eigenvalue weighted by Gasteiger charge is 2.47. The van der Waals surface area contributed by atoms with E-state index in [9.17, 15) is 20.1 Å². The third kappa shape index (κ3) is 2.83. The Kier molecular flexibility index (Phi) is 4.28. The van der Waals surface area contributed by atoms with Crippen molar-refractivity contribution in [2.24, 2.45) is 0 Å². The molecule has 1 aromatic rings. The number of ketones is 1. The van der Waals surface area contributed by atoms with Crippen molar-refractivity contribution in [3.8, 4) is 0 Å². The second-order valence-electron chi connectivity index (χ2n) is 4.46. The summed E-state index contributed by atoms with van der Waals surface area (Å²) in [6, 6.07) is 8.38. The molecule has 0 aliphatic carbocycles. The van der Waals surface area contributed by atoms with Crippen molar-refractivity contribution < 1.29 is 29.6 Å². The zero-order valence-corrected chi connectivity index (χ0v) is 10.2. The Morgan fingerprint density at radius 1 is 1.26 bits per heavy atom. The molecule has 1 heterocycles. The summed E-state index contributed by atoms with van der Waals surface area (Å²) in [6.07, 6.45) is -2.65. The Morgan fingerprint density at radius 2 is 1.84 bits per heavy atom. The Balaban J connectivity index is 2.19. The first-order valence-electron chi connectivity index (χ1n) is 5.89. The van der Waals surface area contributed by atoms with Crippen molar-refractivity contribution in [1.29, 1.82) is 0 Å². The van der Waals surface area contributed by atoms with E-state index in [1.807, 2.05) is 0 Å². The topological polar surface area (TPSA) is 96.2 Å². The van der Waals surface area contributed by atoms with Crippen LogP contribution in [-0.4, -0.2) is 52.8 Å². The zero-order valence-electron chi connectivity index (χ0n) is 10.2. The van der Waals surface area contributed by atoms with Gasteiger partial charge in [-0.3, -0.25) is 4.79 Å². The molecule has 19 heavy (non-hydrogen) atoms. The molecule has 0 saturated carbocycles. The molecular formula is C13H16O6. The molecule has 1 fully saturated rings. The maximum absolute atomic E-state index is 11.0. The lowest BCUT2D eigenvalue weighted by atomic mass is 9.90. The van der Waals surface area contributed by atoms with E-state index >= 15 is 0 Å². The molecule has 1 aliphatic heterocycles. The average molecular weight is 268 g/mol. The molecule has 0 amide bonds. The van der Waals surface area contributed by atoms with Crippen LogP contribution in [0.3, 0.4) is 0 Å². The van der Waals surface area contributed by atoms with Crippen LogP contribution in [0.1, 0.15) is 11.7 Å². The van der Waals surface area contributed by atoms with Crippen LogP contribution < -0.4 is 0 Å². The quantitative estimate of drug-likeness (QED) is 0.674. The minimum Gasteiger partial charge on any atom is -0.393 e. The highest BCUT2D eigenvalue weighted by atomic mass is 16.7. The fourth-order valence-corrected chi connectivity index (χ4v) is 1.93. The van der Waals surface area contributed by atoms with Crippen molar-refractivity contribution in [2.75, 3.05) is 19.8 Å². The maximum Gasteiger partial charge on any atom is 0.192 e. The first kappa shape index (κ1) is 14.1. The zero-order chi connectivity index (χ0) is 13.9. The van der Waals surface area contributed by atoms with Crippen LogP contribution in [0.15, 0.2) is 30.3 Å². The number of benzene rings is 1. The summed E-state index contributed by atoms with van der Waals surface area (Å²) in [5.74, 6) is -0.259. The van der Waals surface area contributed by atoms with Gasteiger partial charge in [-0.1, -0.05) is 30.3 Å². The number of aliphatic hydroxyl groups excluding tert-OH is 2. The van der Waals surface area contributed by atoms with E-state index in [1.165, 1.54) is 0 Å². The number of ether oxygens (including phenoxy) is 2. The summed E-state index contributed by atoms with van der Waals surface area (Å²) in [5.41, 5.74) is -1.61. The van der Waals surface area contributed by atoms with Gasteiger partial charge < -0.3 is 24.8 Å². The number of Topliss-reactive ketones (excluding diaryl/α,β-unsaturated/α-hetero) is 1. The van der Waals surface area contributed by atoms with E-state index in [0.717, 1.165) is 0 Å². The van der Waals surface area contributed by atoms with Gasteiger partial charge in [-0.05, 0) is 5.56 Å². The lowest BCUT2D eigenvalue weighted by Gasteiger charge is -2.39. The number of rotatable bonds is 4. The van der Waals surface area contributed by atoms with Crippen molar-refractivity contribution in [1.82, 2.24) is 0 Å². The van der Waals surface area contributed by atoms with Crippen LogP contribution in [0.25, 0.3) is 0 Å². The molecule has 1 saturated heterocycles. The van der Waals surface area contributed by atoms with E-state index < -0.39 is 24.6 Å². The fourth-order valence-electron chi connectivity index (χ4n) is 1.93. The number of carbonyl (C=O) groups excluding carboxylic acids is 1. The van der Waals surface area contributed by atoms with Gasteiger partial charge >= 0.3 is 0 Å². The van der Waals surface area contributed by atoms with E-state index in [2.05, 4.69) is 0 Å². The van der Waals surface area contributed by atoms with E-state index in [-0.39, 0.29) is 19.0 Å². The van der Waals surface area contributed by atoms with Crippen LogP contribution in [0.4, 0.5) is 0 Å². The van der Waals surface area contributed by atoms with Gasteiger partial charge in [0.2, 0.25) is 0 Å². The first-order valence-corrected chi connectivity index (χ1v) is 5.89. The molecule has 1 aromatic carbocycles. The fraction of sp³-hybridized carbons (Fsp3) is 0.462. The van der Waals surface area contributed by atoms with Gasteiger partial charge in [0.05, 0.1) is 6.61 Å². The summed E-state index contributed by atoms with van der Waals surface area (Å²) < 4.78 is 10.1. The summed E-state index contributed by atoms with van der Waals surface area (Å²) in [5, 5.41) is 30.0. The highest BCUT2D eigenvalue weighted by Crippen LogP contribution is 2.31. The monoisotopic (exact) mass is 268 g/mol. The highest BCUT2D eigenvalue weighted by molar-refractivity contribution is 5.81. The molecule has 6 nitrogen and oxygen atoms in total. The standard InChI is InChI=1S/C13H16O6/c14-8-13(17,12-18-6-10(15)7-19-12)11(16)9-4-2-1-3-5-9/h1-5,11-12,14,16-17H,6-8H2/t11-,13-/m0/s1. The molecule has 6 heteroatoms. The van der Waals surface area contributed by atoms with Gasteiger partial charge in [-0.25, -0.2) is 0 Å². The van der Waals surface area contributed by atoms with E-state index in [1.54, 1.807) is 30.3 Å². The van der Waals surface area contributed by atoms with Crippen molar-refractivity contribution in [3.63, 3.8) is 0 Å². The summed E-state index contributed by atoms with van der Waals surface area (Å²) in [4.78, 5) is 11.0. The van der Waals surface area contributed by atoms with E-state index in [4.69, 9.17) is 9.47 Å². The van der Waals surface area contributed by atoms with Crippen LogP contribution in [0.5, 0.6) is 0 Å². The molecule has 0 aromatic heterocycles. The van der Waals surface area contributed by atoms with Crippen LogP contribution in [0.2, 0.25) is 0 Å².